The Kier molecular flexibility index (Phi) is 3.69. The average Bonchev–Trinajstić information content (AvgIpc) is 2.48. The Morgan fingerprint density at radius 2 is 2.21 bits per heavy atom. The molecule has 0 spiro atoms. The predicted octanol–water partition coefficient (Wildman–Crippen LogP) is 2.09. The highest BCUT2D eigenvalue weighted by molar-refractivity contribution is 4.92. The van der Waals surface area contributed by atoms with E-state index < -0.39 is 0 Å². The highest BCUT2D eigenvalue weighted by Gasteiger charge is 2.15. The summed E-state index contributed by atoms with van der Waals surface area (Å²) in [7, 11) is 2.02. The normalized spacial score (nSPS) is 12.0. The van der Waals surface area contributed by atoms with Gasteiger partial charge in [-0.3, -0.25) is 0 Å². The second-order valence-corrected chi connectivity index (χ2v) is 4.44. The van der Waals surface area contributed by atoms with Crippen LogP contribution in [0.4, 0.5) is 0 Å². The molecule has 0 fully saturated rings. The first kappa shape index (κ1) is 11.2. The van der Waals surface area contributed by atoms with E-state index in [4.69, 9.17) is 0 Å². The summed E-state index contributed by atoms with van der Waals surface area (Å²) in [5.41, 5.74) is 0.209. The summed E-state index contributed by atoms with van der Waals surface area (Å²) in [5.74, 6) is 1.09. The van der Waals surface area contributed by atoms with Crippen molar-refractivity contribution in [3.8, 4) is 0 Å². The lowest BCUT2D eigenvalue weighted by Gasteiger charge is -2.25. The van der Waals surface area contributed by atoms with Gasteiger partial charge in [0.1, 0.15) is 5.82 Å². The summed E-state index contributed by atoms with van der Waals surface area (Å²) in [5, 5.41) is 3.52. The van der Waals surface area contributed by atoms with E-state index in [1.165, 1.54) is 12.8 Å². The zero-order chi connectivity index (χ0) is 10.6. The highest BCUT2D eigenvalue weighted by atomic mass is 15.1. The van der Waals surface area contributed by atoms with Crippen molar-refractivity contribution in [2.75, 3.05) is 0 Å². The number of hydrogen-bond donors (Lipinski definition) is 1. The summed E-state index contributed by atoms with van der Waals surface area (Å²) in [6, 6.07) is 0. The van der Waals surface area contributed by atoms with Crippen LogP contribution < -0.4 is 5.32 Å². The molecule has 0 amide bonds. The molecule has 0 saturated carbocycles. The van der Waals surface area contributed by atoms with Crippen LogP contribution in [0.15, 0.2) is 12.4 Å². The second kappa shape index (κ2) is 4.60. The monoisotopic (exact) mass is 195 g/mol. The number of aromatic nitrogens is 2. The first-order chi connectivity index (χ1) is 6.55. The van der Waals surface area contributed by atoms with Gasteiger partial charge in [0.25, 0.3) is 0 Å². The molecule has 0 aliphatic rings. The van der Waals surface area contributed by atoms with Crippen molar-refractivity contribution in [2.24, 2.45) is 7.05 Å². The average molecular weight is 195 g/mol. The van der Waals surface area contributed by atoms with Gasteiger partial charge in [0.2, 0.25) is 0 Å². The van der Waals surface area contributed by atoms with Crippen molar-refractivity contribution in [3.63, 3.8) is 0 Å². The Balaban J connectivity index is 2.44. The van der Waals surface area contributed by atoms with Gasteiger partial charge in [-0.2, -0.15) is 0 Å². The van der Waals surface area contributed by atoms with Gasteiger partial charge in [0.15, 0.2) is 0 Å². The van der Waals surface area contributed by atoms with Crippen molar-refractivity contribution in [1.29, 1.82) is 0 Å². The van der Waals surface area contributed by atoms with Crippen LogP contribution in [0, 0.1) is 0 Å². The maximum Gasteiger partial charge on any atom is 0.122 e. The van der Waals surface area contributed by atoms with E-state index in [1.54, 1.807) is 0 Å². The third-order valence-electron chi connectivity index (χ3n) is 2.52. The fourth-order valence-corrected chi connectivity index (χ4v) is 1.60. The molecule has 1 heterocycles. The van der Waals surface area contributed by atoms with Gasteiger partial charge in [0.05, 0.1) is 6.54 Å². The molecule has 0 radical (unpaired) electrons. The molecule has 14 heavy (non-hydrogen) atoms. The van der Waals surface area contributed by atoms with Gasteiger partial charge in [-0.15, -0.1) is 0 Å². The molecule has 0 bridgehead atoms. The largest absolute Gasteiger partial charge is 0.337 e. The van der Waals surface area contributed by atoms with Crippen LogP contribution in [0.3, 0.4) is 0 Å². The maximum absolute atomic E-state index is 4.28. The number of nitrogens with one attached hydrogen (secondary N) is 1. The third kappa shape index (κ3) is 3.14. The molecule has 0 saturated heterocycles. The summed E-state index contributed by atoms with van der Waals surface area (Å²) in [4.78, 5) is 4.28. The fourth-order valence-electron chi connectivity index (χ4n) is 1.60. The zero-order valence-electron chi connectivity index (χ0n) is 9.67. The third-order valence-corrected chi connectivity index (χ3v) is 2.52. The second-order valence-electron chi connectivity index (χ2n) is 4.44. The predicted molar refractivity (Wildman–Crippen MR) is 59.0 cm³/mol. The smallest absolute Gasteiger partial charge is 0.122 e. The van der Waals surface area contributed by atoms with Crippen molar-refractivity contribution >= 4 is 0 Å². The van der Waals surface area contributed by atoms with Crippen LogP contribution in [0.1, 0.15) is 39.4 Å². The first-order valence-electron chi connectivity index (χ1n) is 5.26. The van der Waals surface area contributed by atoms with Gasteiger partial charge in [-0.25, -0.2) is 4.98 Å². The number of imidazole rings is 1. The maximum atomic E-state index is 4.28. The lowest BCUT2D eigenvalue weighted by molar-refractivity contribution is 0.351. The van der Waals surface area contributed by atoms with Crippen LogP contribution in [0.25, 0.3) is 0 Å². The van der Waals surface area contributed by atoms with Crippen LogP contribution in [0.2, 0.25) is 0 Å². The van der Waals surface area contributed by atoms with Crippen molar-refractivity contribution in [2.45, 2.75) is 45.7 Å². The Labute approximate surface area is 86.5 Å². The van der Waals surface area contributed by atoms with E-state index in [0.717, 1.165) is 12.4 Å². The van der Waals surface area contributed by atoms with Crippen LogP contribution in [0.5, 0.6) is 0 Å². The topological polar surface area (TPSA) is 29.9 Å². The van der Waals surface area contributed by atoms with Crippen LogP contribution in [-0.4, -0.2) is 15.1 Å². The van der Waals surface area contributed by atoms with Gasteiger partial charge >= 0.3 is 0 Å². The Hall–Kier alpha value is -0.830. The molecule has 1 aromatic rings. The minimum absolute atomic E-state index is 0.209. The van der Waals surface area contributed by atoms with E-state index in [-0.39, 0.29) is 5.54 Å². The standard InChI is InChI=1S/C11H21N3/c1-5-6-11(2,3)13-9-10-12-7-8-14(10)4/h7-8,13H,5-6,9H2,1-4H3. The molecular formula is C11H21N3. The summed E-state index contributed by atoms with van der Waals surface area (Å²) < 4.78 is 2.05. The SMILES string of the molecule is CCCC(C)(C)NCc1nccn1C. The quantitative estimate of drug-likeness (QED) is 0.779. The molecule has 0 atom stereocenters. The summed E-state index contributed by atoms with van der Waals surface area (Å²) in [6.07, 6.45) is 6.21. The number of rotatable bonds is 5. The van der Waals surface area contributed by atoms with Gasteiger partial charge in [-0.05, 0) is 20.3 Å². The molecular weight excluding hydrogens is 174 g/mol. The van der Waals surface area contributed by atoms with Gasteiger partial charge in [-0.1, -0.05) is 13.3 Å². The summed E-state index contributed by atoms with van der Waals surface area (Å²) in [6.45, 7) is 7.53. The van der Waals surface area contributed by atoms with E-state index in [9.17, 15) is 0 Å². The van der Waals surface area contributed by atoms with Gasteiger partial charge in [0, 0.05) is 25.0 Å². The Bertz CT molecular complexity index is 276. The Morgan fingerprint density at radius 1 is 1.50 bits per heavy atom. The number of hydrogen-bond acceptors (Lipinski definition) is 2. The zero-order valence-corrected chi connectivity index (χ0v) is 9.67. The molecule has 0 aliphatic carbocycles. The van der Waals surface area contributed by atoms with Crippen LogP contribution in [-0.2, 0) is 13.6 Å². The summed E-state index contributed by atoms with van der Waals surface area (Å²) >= 11 is 0. The lowest BCUT2D eigenvalue weighted by atomic mass is 9.99. The molecule has 1 aromatic heterocycles. The molecule has 3 nitrogen and oxygen atoms in total. The molecule has 0 aromatic carbocycles. The Morgan fingerprint density at radius 3 is 2.71 bits per heavy atom. The number of aryl methyl sites for hydroxylation is 1. The van der Waals surface area contributed by atoms with Crippen molar-refractivity contribution in [3.05, 3.63) is 18.2 Å². The van der Waals surface area contributed by atoms with E-state index in [2.05, 4.69) is 35.6 Å². The first-order valence-corrected chi connectivity index (χ1v) is 5.26. The molecule has 1 rings (SSSR count). The highest BCUT2D eigenvalue weighted by Crippen LogP contribution is 2.11. The lowest BCUT2D eigenvalue weighted by Crippen LogP contribution is -2.39. The molecule has 0 aliphatic heterocycles. The van der Waals surface area contributed by atoms with E-state index in [1.807, 2.05) is 19.4 Å². The molecule has 3 heteroatoms. The minimum Gasteiger partial charge on any atom is -0.337 e. The van der Waals surface area contributed by atoms with E-state index in [0.29, 0.717) is 0 Å². The fraction of sp³-hybridized carbons (Fsp3) is 0.727. The molecule has 1 N–H and O–H groups in total. The van der Waals surface area contributed by atoms with E-state index >= 15 is 0 Å². The van der Waals surface area contributed by atoms with Crippen LogP contribution >= 0.6 is 0 Å². The number of nitrogens with zero attached hydrogens (tertiary/aromatic N) is 2. The molecule has 80 valence electrons. The van der Waals surface area contributed by atoms with Crippen molar-refractivity contribution in [1.82, 2.24) is 14.9 Å². The minimum atomic E-state index is 0.209. The van der Waals surface area contributed by atoms with Gasteiger partial charge < -0.3 is 9.88 Å². The van der Waals surface area contributed by atoms with Crippen molar-refractivity contribution < 1.29 is 0 Å². The molecule has 0 unspecified atom stereocenters.